The van der Waals surface area contributed by atoms with Crippen LogP contribution in [0.15, 0.2) is 48.8 Å². The third kappa shape index (κ3) is 3.43. The molecule has 0 radical (unpaired) electrons. The fourth-order valence-electron chi connectivity index (χ4n) is 2.59. The van der Waals surface area contributed by atoms with Crippen molar-refractivity contribution in [2.45, 2.75) is 20.8 Å². The molecule has 0 saturated carbocycles. The lowest BCUT2D eigenvalue weighted by Crippen LogP contribution is -2.27. The van der Waals surface area contributed by atoms with Crippen LogP contribution in [-0.4, -0.2) is 22.4 Å². The summed E-state index contributed by atoms with van der Waals surface area (Å²) in [5, 5.41) is 3.89. The summed E-state index contributed by atoms with van der Waals surface area (Å²) in [6.45, 7) is 6.83. The lowest BCUT2D eigenvalue weighted by atomic mass is 10.0. The predicted octanol–water partition coefficient (Wildman–Crippen LogP) is 3.99. The van der Waals surface area contributed by atoms with Gasteiger partial charge in [-0.25, -0.2) is 4.98 Å². The molecule has 4 nitrogen and oxygen atoms in total. The Morgan fingerprint density at radius 2 is 1.88 bits per heavy atom. The molecule has 0 aliphatic carbocycles. The minimum atomic E-state index is -0.0583. The van der Waals surface area contributed by atoms with Crippen molar-refractivity contribution in [3.8, 4) is 11.3 Å². The molecular weight excluding hydrogens is 298 g/mol. The molecule has 0 saturated heterocycles. The molecule has 3 aromatic rings. The first-order valence-corrected chi connectivity index (χ1v) is 8.14. The van der Waals surface area contributed by atoms with Crippen molar-refractivity contribution in [1.82, 2.24) is 15.3 Å². The van der Waals surface area contributed by atoms with Crippen LogP contribution in [0.1, 0.15) is 29.8 Å². The lowest BCUT2D eigenvalue weighted by Gasteiger charge is -2.12. The summed E-state index contributed by atoms with van der Waals surface area (Å²) >= 11 is 0. The Kier molecular flexibility index (Phi) is 4.56. The van der Waals surface area contributed by atoms with E-state index in [4.69, 9.17) is 4.98 Å². The highest BCUT2D eigenvalue weighted by molar-refractivity contribution is 6.07. The molecule has 1 amide bonds. The number of carbonyl (C=O) groups excluding carboxylic acids is 1. The van der Waals surface area contributed by atoms with E-state index in [9.17, 15) is 4.79 Å². The van der Waals surface area contributed by atoms with E-state index in [0.717, 1.165) is 27.7 Å². The highest BCUT2D eigenvalue weighted by atomic mass is 16.1. The standard InChI is InChI=1S/C20H21N3O/c1-13(2)12-22-20(24)17-11-19(15-6-8-21-9-7-15)23-18-5-4-14(3)10-16(17)18/h4-11,13H,12H2,1-3H3,(H,22,24). The predicted molar refractivity (Wildman–Crippen MR) is 96.9 cm³/mol. The number of nitrogens with zero attached hydrogens (tertiary/aromatic N) is 2. The van der Waals surface area contributed by atoms with Gasteiger partial charge in [-0.1, -0.05) is 25.5 Å². The molecular formula is C20H21N3O. The normalized spacial score (nSPS) is 11.0. The van der Waals surface area contributed by atoms with Gasteiger partial charge >= 0.3 is 0 Å². The molecule has 0 spiro atoms. The van der Waals surface area contributed by atoms with E-state index in [0.29, 0.717) is 18.0 Å². The number of aryl methyl sites for hydroxylation is 1. The van der Waals surface area contributed by atoms with Crippen LogP contribution in [0.2, 0.25) is 0 Å². The number of hydrogen-bond acceptors (Lipinski definition) is 3. The number of carbonyl (C=O) groups is 1. The van der Waals surface area contributed by atoms with Gasteiger partial charge in [0.15, 0.2) is 0 Å². The zero-order valence-corrected chi connectivity index (χ0v) is 14.2. The maximum Gasteiger partial charge on any atom is 0.252 e. The van der Waals surface area contributed by atoms with Gasteiger partial charge in [-0.2, -0.15) is 0 Å². The Balaban J connectivity index is 2.13. The maximum atomic E-state index is 12.7. The number of fused-ring (bicyclic) bond motifs is 1. The minimum absolute atomic E-state index is 0.0583. The zero-order chi connectivity index (χ0) is 17.1. The van der Waals surface area contributed by atoms with Gasteiger partial charge in [0, 0.05) is 29.9 Å². The fraction of sp³-hybridized carbons (Fsp3) is 0.250. The third-order valence-electron chi connectivity index (χ3n) is 3.86. The van der Waals surface area contributed by atoms with Crippen LogP contribution < -0.4 is 5.32 Å². The summed E-state index contributed by atoms with van der Waals surface area (Å²) in [7, 11) is 0. The molecule has 1 N–H and O–H groups in total. The number of amides is 1. The van der Waals surface area contributed by atoms with Crippen LogP contribution in [-0.2, 0) is 0 Å². The molecule has 2 heterocycles. The summed E-state index contributed by atoms with van der Waals surface area (Å²) in [6, 6.07) is 11.7. The molecule has 0 atom stereocenters. The van der Waals surface area contributed by atoms with Crippen LogP contribution in [0, 0.1) is 12.8 Å². The first-order chi connectivity index (χ1) is 11.5. The molecule has 0 aliphatic rings. The second kappa shape index (κ2) is 6.79. The summed E-state index contributed by atoms with van der Waals surface area (Å²) in [5.41, 5.74) is 4.33. The van der Waals surface area contributed by atoms with Crippen LogP contribution >= 0.6 is 0 Å². The third-order valence-corrected chi connectivity index (χ3v) is 3.86. The van der Waals surface area contributed by atoms with E-state index in [1.807, 2.05) is 43.3 Å². The average Bonchev–Trinajstić information content (AvgIpc) is 2.59. The van der Waals surface area contributed by atoms with E-state index in [1.165, 1.54) is 0 Å². The highest BCUT2D eigenvalue weighted by Crippen LogP contribution is 2.25. The van der Waals surface area contributed by atoms with Crippen LogP contribution in [0.5, 0.6) is 0 Å². The Hall–Kier alpha value is -2.75. The SMILES string of the molecule is Cc1ccc2nc(-c3ccncc3)cc(C(=O)NCC(C)C)c2c1. The van der Waals surface area contributed by atoms with Gasteiger partial charge in [-0.15, -0.1) is 0 Å². The number of hydrogen-bond donors (Lipinski definition) is 1. The number of pyridine rings is 2. The molecule has 2 aromatic heterocycles. The van der Waals surface area contributed by atoms with Crippen LogP contribution in [0.3, 0.4) is 0 Å². The molecule has 0 unspecified atom stereocenters. The molecule has 0 fully saturated rings. The van der Waals surface area contributed by atoms with E-state index < -0.39 is 0 Å². The topological polar surface area (TPSA) is 54.9 Å². The quantitative estimate of drug-likeness (QED) is 0.791. The number of nitrogens with one attached hydrogen (secondary N) is 1. The van der Waals surface area contributed by atoms with Crippen molar-refractivity contribution in [3.63, 3.8) is 0 Å². The highest BCUT2D eigenvalue weighted by Gasteiger charge is 2.14. The average molecular weight is 319 g/mol. The molecule has 1 aromatic carbocycles. The van der Waals surface area contributed by atoms with Gasteiger partial charge in [0.1, 0.15) is 0 Å². The van der Waals surface area contributed by atoms with Crippen molar-refractivity contribution >= 4 is 16.8 Å². The summed E-state index contributed by atoms with van der Waals surface area (Å²) in [6.07, 6.45) is 3.46. The zero-order valence-electron chi connectivity index (χ0n) is 14.2. The second-order valence-corrected chi connectivity index (χ2v) is 6.42. The van der Waals surface area contributed by atoms with Crippen molar-refractivity contribution < 1.29 is 4.79 Å². The smallest absolute Gasteiger partial charge is 0.252 e. The summed E-state index contributed by atoms with van der Waals surface area (Å²) in [4.78, 5) is 21.5. The molecule has 122 valence electrons. The van der Waals surface area contributed by atoms with Crippen LogP contribution in [0.25, 0.3) is 22.2 Å². The molecule has 24 heavy (non-hydrogen) atoms. The van der Waals surface area contributed by atoms with E-state index in [1.54, 1.807) is 12.4 Å². The minimum Gasteiger partial charge on any atom is -0.352 e. The second-order valence-electron chi connectivity index (χ2n) is 6.42. The van der Waals surface area contributed by atoms with Gasteiger partial charge in [-0.05, 0) is 43.2 Å². The monoisotopic (exact) mass is 319 g/mol. The molecule has 4 heteroatoms. The Labute approximate surface area is 142 Å². The van der Waals surface area contributed by atoms with Gasteiger partial charge in [0.25, 0.3) is 5.91 Å². The van der Waals surface area contributed by atoms with Crippen molar-refractivity contribution in [1.29, 1.82) is 0 Å². The van der Waals surface area contributed by atoms with Crippen molar-refractivity contribution in [2.24, 2.45) is 5.92 Å². The van der Waals surface area contributed by atoms with Gasteiger partial charge in [0.2, 0.25) is 0 Å². The van der Waals surface area contributed by atoms with Crippen molar-refractivity contribution in [2.75, 3.05) is 6.54 Å². The number of aromatic nitrogens is 2. The summed E-state index contributed by atoms with van der Waals surface area (Å²) < 4.78 is 0. The largest absolute Gasteiger partial charge is 0.352 e. The molecule has 0 aliphatic heterocycles. The lowest BCUT2D eigenvalue weighted by molar-refractivity contribution is 0.0950. The van der Waals surface area contributed by atoms with E-state index >= 15 is 0 Å². The Bertz CT molecular complexity index is 873. The number of rotatable bonds is 4. The van der Waals surface area contributed by atoms with E-state index in [2.05, 4.69) is 24.1 Å². The first kappa shape index (κ1) is 16.1. The number of benzene rings is 1. The Morgan fingerprint density at radius 1 is 1.12 bits per heavy atom. The first-order valence-electron chi connectivity index (χ1n) is 8.14. The fourth-order valence-corrected chi connectivity index (χ4v) is 2.59. The Morgan fingerprint density at radius 3 is 2.58 bits per heavy atom. The van der Waals surface area contributed by atoms with Crippen molar-refractivity contribution in [3.05, 3.63) is 59.9 Å². The van der Waals surface area contributed by atoms with Crippen LogP contribution in [0.4, 0.5) is 0 Å². The summed E-state index contributed by atoms with van der Waals surface area (Å²) in [5.74, 6) is 0.348. The molecule has 3 rings (SSSR count). The van der Waals surface area contributed by atoms with E-state index in [-0.39, 0.29) is 5.91 Å². The van der Waals surface area contributed by atoms with Gasteiger partial charge < -0.3 is 5.32 Å². The van der Waals surface area contributed by atoms with Gasteiger partial charge in [-0.3, -0.25) is 9.78 Å². The molecule has 0 bridgehead atoms. The maximum absolute atomic E-state index is 12.7. The van der Waals surface area contributed by atoms with Gasteiger partial charge in [0.05, 0.1) is 16.8 Å².